The molecule has 0 aliphatic carbocycles. The first kappa shape index (κ1) is 15.5. The van der Waals surface area contributed by atoms with E-state index in [1.807, 2.05) is 35.7 Å². The summed E-state index contributed by atoms with van der Waals surface area (Å²) in [5.74, 6) is 0. The molecule has 2 rings (SSSR count). The molecule has 1 aromatic heterocycles. The van der Waals surface area contributed by atoms with E-state index in [0.717, 1.165) is 16.3 Å². The van der Waals surface area contributed by atoms with E-state index < -0.39 is 0 Å². The number of carbonyl (C=O) groups is 1. The van der Waals surface area contributed by atoms with Crippen molar-refractivity contribution in [2.45, 2.75) is 39.3 Å². The SMILES string of the molecule is CC(C)(C)c1nc(CNC(=O)NCc2ccccc2)cs1. The highest BCUT2D eigenvalue weighted by atomic mass is 32.1. The summed E-state index contributed by atoms with van der Waals surface area (Å²) >= 11 is 1.64. The summed E-state index contributed by atoms with van der Waals surface area (Å²) in [4.78, 5) is 16.3. The van der Waals surface area contributed by atoms with E-state index in [-0.39, 0.29) is 11.4 Å². The maximum absolute atomic E-state index is 11.7. The monoisotopic (exact) mass is 303 g/mol. The lowest BCUT2D eigenvalue weighted by Crippen LogP contribution is -2.34. The lowest BCUT2D eigenvalue weighted by molar-refractivity contribution is 0.240. The lowest BCUT2D eigenvalue weighted by atomic mass is 9.98. The zero-order valence-corrected chi connectivity index (χ0v) is 13.5. The highest BCUT2D eigenvalue weighted by molar-refractivity contribution is 7.09. The fourth-order valence-corrected chi connectivity index (χ4v) is 2.65. The molecule has 1 heterocycles. The molecule has 2 N–H and O–H groups in total. The average Bonchev–Trinajstić information content (AvgIpc) is 2.93. The maximum atomic E-state index is 11.7. The minimum Gasteiger partial charge on any atom is -0.334 e. The Kier molecular flexibility index (Phi) is 4.96. The number of hydrogen-bond acceptors (Lipinski definition) is 3. The molecule has 0 aliphatic rings. The van der Waals surface area contributed by atoms with Gasteiger partial charge in [-0.2, -0.15) is 0 Å². The molecule has 0 saturated carbocycles. The fraction of sp³-hybridized carbons (Fsp3) is 0.375. The van der Waals surface area contributed by atoms with Crippen LogP contribution in [0.15, 0.2) is 35.7 Å². The third-order valence-corrected chi connectivity index (χ3v) is 4.24. The number of aromatic nitrogens is 1. The molecule has 0 saturated heterocycles. The Balaban J connectivity index is 1.78. The quantitative estimate of drug-likeness (QED) is 0.909. The first-order valence-electron chi connectivity index (χ1n) is 6.95. The van der Waals surface area contributed by atoms with E-state index in [1.165, 1.54) is 0 Å². The average molecular weight is 303 g/mol. The summed E-state index contributed by atoms with van der Waals surface area (Å²) in [5, 5.41) is 8.75. The topological polar surface area (TPSA) is 54.0 Å². The molecular weight excluding hydrogens is 282 g/mol. The van der Waals surface area contributed by atoms with Crippen molar-refractivity contribution in [2.75, 3.05) is 0 Å². The Bertz CT molecular complexity index is 587. The van der Waals surface area contributed by atoms with Crippen LogP contribution in [0.2, 0.25) is 0 Å². The first-order chi connectivity index (χ1) is 9.95. The Morgan fingerprint density at radius 1 is 1.14 bits per heavy atom. The normalized spacial score (nSPS) is 11.2. The van der Waals surface area contributed by atoms with Gasteiger partial charge in [0.15, 0.2) is 0 Å². The third kappa shape index (κ3) is 4.86. The number of nitrogens with one attached hydrogen (secondary N) is 2. The van der Waals surface area contributed by atoms with Gasteiger partial charge >= 0.3 is 6.03 Å². The number of urea groups is 1. The second-order valence-corrected chi connectivity index (χ2v) is 6.77. The molecule has 0 radical (unpaired) electrons. The minimum atomic E-state index is -0.177. The predicted octanol–water partition coefficient (Wildman–Crippen LogP) is 3.44. The van der Waals surface area contributed by atoms with E-state index in [9.17, 15) is 4.79 Å². The summed E-state index contributed by atoms with van der Waals surface area (Å²) < 4.78 is 0. The molecule has 0 bridgehead atoms. The van der Waals surface area contributed by atoms with Crippen molar-refractivity contribution in [3.05, 3.63) is 52.0 Å². The van der Waals surface area contributed by atoms with Gasteiger partial charge in [-0.15, -0.1) is 11.3 Å². The summed E-state index contributed by atoms with van der Waals surface area (Å²) in [6.07, 6.45) is 0. The van der Waals surface area contributed by atoms with Gasteiger partial charge in [-0.05, 0) is 5.56 Å². The number of amides is 2. The number of carbonyl (C=O) groups excluding carboxylic acids is 1. The van der Waals surface area contributed by atoms with Gasteiger partial charge < -0.3 is 10.6 Å². The molecule has 2 aromatic rings. The highest BCUT2D eigenvalue weighted by Crippen LogP contribution is 2.25. The molecule has 2 amide bonds. The van der Waals surface area contributed by atoms with Crippen LogP contribution in [0.4, 0.5) is 4.79 Å². The molecular formula is C16H21N3OS. The van der Waals surface area contributed by atoms with E-state index in [0.29, 0.717) is 13.1 Å². The van der Waals surface area contributed by atoms with Crippen LogP contribution in [0, 0.1) is 0 Å². The summed E-state index contributed by atoms with van der Waals surface area (Å²) in [6, 6.07) is 9.66. The molecule has 0 spiro atoms. The smallest absolute Gasteiger partial charge is 0.315 e. The largest absolute Gasteiger partial charge is 0.334 e. The lowest BCUT2D eigenvalue weighted by Gasteiger charge is -2.13. The van der Waals surface area contributed by atoms with Crippen molar-refractivity contribution in [3.8, 4) is 0 Å². The van der Waals surface area contributed by atoms with Gasteiger partial charge in [0.2, 0.25) is 0 Å². The number of thiazole rings is 1. The van der Waals surface area contributed by atoms with Crippen molar-refractivity contribution >= 4 is 17.4 Å². The van der Waals surface area contributed by atoms with Gasteiger partial charge in [0.05, 0.1) is 17.2 Å². The van der Waals surface area contributed by atoms with Crippen LogP contribution in [-0.2, 0) is 18.5 Å². The molecule has 112 valence electrons. The summed E-state index contributed by atoms with van der Waals surface area (Å²) in [6.45, 7) is 7.38. The van der Waals surface area contributed by atoms with E-state index in [2.05, 4.69) is 36.4 Å². The van der Waals surface area contributed by atoms with Crippen LogP contribution in [0.1, 0.15) is 37.0 Å². The van der Waals surface area contributed by atoms with Gasteiger partial charge in [0.1, 0.15) is 0 Å². The maximum Gasteiger partial charge on any atom is 0.315 e. The van der Waals surface area contributed by atoms with Gasteiger partial charge in [-0.25, -0.2) is 9.78 Å². The van der Waals surface area contributed by atoms with Gasteiger partial charge in [-0.1, -0.05) is 51.1 Å². The summed E-state index contributed by atoms with van der Waals surface area (Å²) in [7, 11) is 0. The van der Waals surface area contributed by atoms with Crippen LogP contribution in [-0.4, -0.2) is 11.0 Å². The van der Waals surface area contributed by atoms with Crippen LogP contribution in [0.5, 0.6) is 0 Å². The second kappa shape index (κ2) is 6.72. The molecule has 0 fully saturated rings. The van der Waals surface area contributed by atoms with Crippen molar-refractivity contribution in [3.63, 3.8) is 0 Å². The Morgan fingerprint density at radius 3 is 2.43 bits per heavy atom. The van der Waals surface area contributed by atoms with Crippen molar-refractivity contribution in [1.29, 1.82) is 0 Å². The van der Waals surface area contributed by atoms with Crippen molar-refractivity contribution < 1.29 is 4.79 Å². The van der Waals surface area contributed by atoms with E-state index in [1.54, 1.807) is 11.3 Å². The standard InChI is InChI=1S/C16H21N3OS/c1-16(2,3)14-19-13(11-21-14)10-18-15(20)17-9-12-7-5-4-6-8-12/h4-8,11H,9-10H2,1-3H3,(H2,17,18,20). The molecule has 4 nitrogen and oxygen atoms in total. The molecule has 0 unspecified atom stereocenters. The Morgan fingerprint density at radius 2 is 1.81 bits per heavy atom. The zero-order chi connectivity index (χ0) is 15.3. The fourth-order valence-electron chi connectivity index (χ4n) is 1.74. The van der Waals surface area contributed by atoms with E-state index in [4.69, 9.17) is 0 Å². The van der Waals surface area contributed by atoms with Crippen molar-refractivity contribution in [2.24, 2.45) is 0 Å². The van der Waals surface area contributed by atoms with Crippen LogP contribution < -0.4 is 10.6 Å². The first-order valence-corrected chi connectivity index (χ1v) is 7.83. The van der Waals surface area contributed by atoms with Gasteiger partial charge in [-0.3, -0.25) is 0 Å². The number of nitrogens with zero attached hydrogens (tertiary/aromatic N) is 1. The minimum absolute atomic E-state index is 0.0541. The van der Waals surface area contributed by atoms with Crippen LogP contribution in [0.25, 0.3) is 0 Å². The summed E-state index contributed by atoms with van der Waals surface area (Å²) in [5.41, 5.74) is 2.04. The molecule has 0 aliphatic heterocycles. The molecule has 21 heavy (non-hydrogen) atoms. The Hall–Kier alpha value is -1.88. The highest BCUT2D eigenvalue weighted by Gasteiger charge is 2.17. The predicted molar refractivity (Wildman–Crippen MR) is 86.3 cm³/mol. The van der Waals surface area contributed by atoms with Gasteiger partial charge in [0, 0.05) is 17.3 Å². The second-order valence-electron chi connectivity index (χ2n) is 5.92. The van der Waals surface area contributed by atoms with E-state index >= 15 is 0 Å². The van der Waals surface area contributed by atoms with Crippen molar-refractivity contribution in [1.82, 2.24) is 15.6 Å². The third-order valence-electron chi connectivity index (χ3n) is 2.92. The zero-order valence-electron chi connectivity index (χ0n) is 12.6. The molecule has 5 heteroatoms. The Labute approximate surface area is 129 Å². The van der Waals surface area contributed by atoms with Gasteiger partial charge in [0.25, 0.3) is 0 Å². The molecule has 0 atom stereocenters. The van der Waals surface area contributed by atoms with Crippen LogP contribution >= 0.6 is 11.3 Å². The molecule has 1 aromatic carbocycles. The number of benzene rings is 1. The number of hydrogen-bond donors (Lipinski definition) is 2. The van der Waals surface area contributed by atoms with Crippen LogP contribution in [0.3, 0.4) is 0 Å². The number of rotatable bonds is 4.